The van der Waals surface area contributed by atoms with Gasteiger partial charge in [-0.2, -0.15) is 0 Å². The van der Waals surface area contributed by atoms with Gasteiger partial charge in [0.25, 0.3) is 0 Å². The number of carbonyl (C=O) groups excluding carboxylic acids is 3. The molecule has 1 heterocycles. The third-order valence-corrected chi connectivity index (χ3v) is 8.38. The van der Waals surface area contributed by atoms with E-state index in [9.17, 15) is 19.2 Å². The predicted molar refractivity (Wildman–Crippen MR) is 142 cm³/mol. The smallest absolute Gasteiger partial charge is 0.341 e. The van der Waals surface area contributed by atoms with Gasteiger partial charge in [0.1, 0.15) is 5.00 Å². The van der Waals surface area contributed by atoms with Crippen molar-refractivity contribution in [3.63, 3.8) is 0 Å². The number of carboxylic acids is 1. The van der Waals surface area contributed by atoms with Gasteiger partial charge in [-0.15, -0.1) is 23.1 Å². The van der Waals surface area contributed by atoms with E-state index in [2.05, 4.69) is 17.6 Å². The van der Waals surface area contributed by atoms with Crippen LogP contribution in [0.5, 0.6) is 0 Å². The van der Waals surface area contributed by atoms with Crippen LogP contribution in [0, 0.1) is 5.92 Å². The van der Waals surface area contributed by atoms with E-state index in [1.165, 1.54) is 23.1 Å². The molecule has 2 amide bonds. The molecular weight excluding hydrogens is 500 g/mol. The summed E-state index contributed by atoms with van der Waals surface area (Å²) >= 11 is 2.83. The second-order valence-corrected chi connectivity index (χ2v) is 11.1. The summed E-state index contributed by atoms with van der Waals surface area (Å²) in [7, 11) is 0. The number of nitrogens with one attached hydrogen (secondary N) is 2. The average Bonchev–Trinajstić information content (AvgIpc) is 3.18. The first-order valence-corrected chi connectivity index (χ1v) is 13.8. The Morgan fingerprint density at radius 3 is 2.67 bits per heavy atom. The topological polar surface area (TPSA) is 122 Å². The molecule has 1 aromatic carbocycles. The van der Waals surface area contributed by atoms with Crippen molar-refractivity contribution in [2.45, 2.75) is 69.4 Å². The van der Waals surface area contributed by atoms with Gasteiger partial charge in [-0.05, 0) is 62.3 Å². The number of ether oxygens (including phenoxy) is 1. The standard InChI is InChI=1S/C26H32N2O6S2/c1-4-19(35-17-8-6-7-16(14-17)27-21(29)11-12-22(30)31)24(32)28-25-23(26(33)34-5-2)18-10-9-15(3)13-20(18)36-25/h6-8,14-15,19H,4-5,9-13H2,1-3H3,(H,27,29)(H,28,32)(H,30,31). The number of benzene rings is 1. The Kier molecular flexibility index (Phi) is 9.95. The Balaban J connectivity index is 1.73. The van der Waals surface area contributed by atoms with Crippen LogP contribution in [0.25, 0.3) is 0 Å². The number of amides is 2. The second-order valence-electron chi connectivity index (χ2n) is 8.75. The lowest BCUT2D eigenvalue weighted by Gasteiger charge is -2.18. The Morgan fingerprint density at radius 1 is 1.19 bits per heavy atom. The van der Waals surface area contributed by atoms with E-state index in [0.29, 0.717) is 28.6 Å². The third kappa shape index (κ3) is 7.33. The zero-order valence-electron chi connectivity index (χ0n) is 20.7. The Bertz CT molecular complexity index is 1130. The van der Waals surface area contributed by atoms with Crippen LogP contribution in [0.2, 0.25) is 0 Å². The lowest BCUT2D eigenvalue weighted by Crippen LogP contribution is -2.25. The number of carboxylic acid groups (broad SMARTS) is 1. The molecule has 0 saturated carbocycles. The van der Waals surface area contributed by atoms with E-state index in [4.69, 9.17) is 9.84 Å². The van der Waals surface area contributed by atoms with Gasteiger partial charge in [-0.3, -0.25) is 14.4 Å². The quantitative estimate of drug-likeness (QED) is 0.263. The van der Waals surface area contributed by atoms with Gasteiger partial charge < -0.3 is 20.5 Å². The van der Waals surface area contributed by atoms with Gasteiger partial charge in [0.15, 0.2) is 0 Å². The molecule has 0 saturated heterocycles. The van der Waals surface area contributed by atoms with Crippen molar-refractivity contribution < 1.29 is 29.0 Å². The first kappa shape index (κ1) is 27.7. The average molecular weight is 533 g/mol. The van der Waals surface area contributed by atoms with Gasteiger partial charge >= 0.3 is 11.9 Å². The van der Waals surface area contributed by atoms with E-state index in [1.54, 1.807) is 25.1 Å². The monoisotopic (exact) mass is 532 g/mol. The lowest BCUT2D eigenvalue weighted by molar-refractivity contribution is -0.138. The van der Waals surface area contributed by atoms with Gasteiger partial charge in [-0.1, -0.05) is 19.9 Å². The number of anilines is 2. The fraction of sp³-hybridized carbons (Fsp3) is 0.462. The normalized spacial score (nSPS) is 15.5. The molecule has 2 unspecified atom stereocenters. The van der Waals surface area contributed by atoms with Crippen LogP contribution in [0.15, 0.2) is 29.2 Å². The summed E-state index contributed by atoms with van der Waals surface area (Å²) in [5, 5.41) is 14.6. The molecule has 8 nitrogen and oxygen atoms in total. The van der Waals surface area contributed by atoms with Crippen molar-refractivity contribution in [3.05, 3.63) is 40.3 Å². The van der Waals surface area contributed by atoms with Crippen LogP contribution in [0.4, 0.5) is 10.7 Å². The van der Waals surface area contributed by atoms with Gasteiger partial charge in [0.05, 0.1) is 23.8 Å². The first-order chi connectivity index (χ1) is 17.2. The van der Waals surface area contributed by atoms with E-state index >= 15 is 0 Å². The zero-order chi connectivity index (χ0) is 26.2. The van der Waals surface area contributed by atoms with Crippen LogP contribution >= 0.6 is 23.1 Å². The molecule has 0 spiro atoms. The molecule has 1 aliphatic carbocycles. The van der Waals surface area contributed by atoms with Crippen LogP contribution < -0.4 is 10.6 Å². The highest BCUT2D eigenvalue weighted by Gasteiger charge is 2.30. The predicted octanol–water partition coefficient (Wildman–Crippen LogP) is 5.36. The number of rotatable bonds is 11. The molecule has 2 aromatic rings. The van der Waals surface area contributed by atoms with E-state index < -0.39 is 17.2 Å². The summed E-state index contributed by atoms with van der Waals surface area (Å²) in [5.41, 5.74) is 2.03. The molecule has 3 N–H and O–H groups in total. The summed E-state index contributed by atoms with van der Waals surface area (Å²) in [6, 6.07) is 7.09. The fourth-order valence-electron chi connectivity index (χ4n) is 4.03. The summed E-state index contributed by atoms with van der Waals surface area (Å²) in [6.45, 7) is 6.15. The molecule has 0 radical (unpaired) electrons. The van der Waals surface area contributed by atoms with Crippen LogP contribution in [-0.4, -0.2) is 40.7 Å². The Labute approximate surface area is 219 Å². The minimum absolute atomic E-state index is 0.112. The van der Waals surface area contributed by atoms with Gasteiger partial charge in [-0.25, -0.2) is 4.79 Å². The molecule has 2 atom stereocenters. The molecule has 3 rings (SSSR count). The number of esters is 1. The van der Waals surface area contributed by atoms with Crippen molar-refractivity contribution in [1.82, 2.24) is 0 Å². The molecule has 0 fully saturated rings. The van der Waals surface area contributed by atoms with Crippen molar-refractivity contribution in [3.8, 4) is 0 Å². The maximum Gasteiger partial charge on any atom is 0.341 e. The Morgan fingerprint density at radius 2 is 1.97 bits per heavy atom. The van der Waals surface area contributed by atoms with Crippen molar-refractivity contribution >= 4 is 57.5 Å². The molecule has 0 bridgehead atoms. The number of thioether (sulfide) groups is 1. The highest BCUT2D eigenvalue weighted by molar-refractivity contribution is 8.00. The lowest BCUT2D eigenvalue weighted by atomic mass is 9.88. The van der Waals surface area contributed by atoms with Crippen molar-refractivity contribution in [2.24, 2.45) is 5.92 Å². The minimum Gasteiger partial charge on any atom is -0.481 e. The molecule has 194 valence electrons. The molecule has 10 heteroatoms. The number of thiophene rings is 1. The zero-order valence-corrected chi connectivity index (χ0v) is 22.4. The summed E-state index contributed by atoms with van der Waals surface area (Å²) in [5.74, 6) is -1.47. The van der Waals surface area contributed by atoms with Crippen LogP contribution in [0.1, 0.15) is 67.3 Å². The molecule has 1 aliphatic rings. The fourth-order valence-corrected chi connectivity index (χ4v) is 6.44. The highest BCUT2D eigenvalue weighted by Crippen LogP contribution is 2.40. The van der Waals surface area contributed by atoms with Crippen molar-refractivity contribution in [2.75, 3.05) is 17.2 Å². The number of carbonyl (C=O) groups is 4. The maximum atomic E-state index is 13.3. The van der Waals surface area contributed by atoms with E-state index in [-0.39, 0.29) is 31.3 Å². The first-order valence-electron chi connectivity index (χ1n) is 12.1. The molecular formula is C26H32N2O6S2. The SMILES string of the molecule is CCOC(=O)c1c(NC(=O)C(CC)Sc2cccc(NC(=O)CCC(=O)O)c2)sc2c1CCC(C)C2. The summed E-state index contributed by atoms with van der Waals surface area (Å²) in [6.07, 6.45) is 2.89. The molecule has 36 heavy (non-hydrogen) atoms. The molecule has 1 aromatic heterocycles. The number of aliphatic carboxylic acids is 1. The number of hydrogen-bond donors (Lipinski definition) is 3. The summed E-state index contributed by atoms with van der Waals surface area (Å²) < 4.78 is 5.30. The van der Waals surface area contributed by atoms with Crippen LogP contribution in [0.3, 0.4) is 0 Å². The number of hydrogen-bond acceptors (Lipinski definition) is 7. The second kappa shape index (κ2) is 12.9. The van der Waals surface area contributed by atoms with Gasteiger partial charge in [0, 0.05) is 21.9 Å². The van der Waals surface area contributed by atoms with E-state index in [1.807, 2.05) is 13.0 Å². The van der Waals surface area contributed by atoms with Gasteiger partial charge in [0.2, 0.25) is 11.8 Å². The third-order valence-electron chi connectivity index (χ3n) is 5.85. The maximum absolute atomic E-state index is 13.3. The highest BCUT2D eigenvalue weighted by atomic mass is 32.2. The van der Waals surface area contributed by atoms with Crippen LogP contribution in [-0.2, 0) is 32.0 Å². The van der Waals surface area contributed by atoms with Crippen molar-refractivity contribution in [1.29, 1.82) is 0 Å². The largest absolute Gasteiger partial charge is 0.481 e. The van der Waals surface area contributed by atoms with E-state index in [0.717, 1.165) is 34.6 Å². The molecule has 0 aliphatic heterocycles. The Hall–Kier alpha value is -2.85. The summed E-state index contributed by atoms with van der Waals surface area (Å²) in [4.78, 5) is 50.6. The number of fused-ring (bicyclic) bond motifs is 1. The minimum atomic E-state index is -1.03.